The monoisotopic (exact) mass is 239 g/mol. The maximum atomic E-state index is 12.2. The van der Waals surface area contributed by atoms with E-state index in [4.69, 9.17) is 15.7 Å². The maximum absolute atomic E-state index is 12.2. The van der Waals surface area contributed by atoms with Crippen LogP contribution in [0.3, 0.4) is 0 Å². The molecule has 17 heavy (non-hydrogen) atoms. The van der Waals surface area contributed by atoms with Gasteiger partial charge in [-0.25, -0.2) is 0 Å². The van der Waals surface area contributed by atoms with Gasteiger partial charge in [0.05, 0.1) is 18.6 Å². The first-order valence-electron chi connectivity index (χ1n) is 6.13. The molecule has 1 fully saturated rings. The molecule has 0 aliphatic carbocycles. The zero-order valence-electron chi connectivity index (χ0n) is 10.6. The van der Waals surface area contributed by atoms with Crippen LogP contribution in [0.2, 0.25) is 0 Å². The highest BCUT2D eigenvalue weighted by molar-refractivity contribution is 5.81. The Morgan fingerprint density at radius 3 is 2.76 bits per heavy atom. The fourth-order valence-electron chi connectivity index (χ4n) is 2.04. The molecular formula is C12H21N3O2. The molecule has 5 nitrogen and oxygen atoms in total. The molecule has 2 unspecified atom stereocenters. The Morgan fingerprint density at radius 1 is 1.59 bits per heavy atom. The van der Waals surface area contributed by atoms with E-state index in [9.17, 15) is 4.79 Å². The Bertz CT molecular complexity index is 299. The number of ether oxygens (including phenoxy) is 1. The minimum Gasteiger partial charge on any atom is -0.364 e. The second-order valence-corrected chi connectivity index (χ2v) is 4.59. The van der Waals surface area contributed by atoms with Crippen LogP contribution in [-0.2, 0) is 9.53 Å². The van der Waals surface area contributed by atoms with Crippen molar-refractivity contribution in [2.75, 3.05) is 13.1 Å². The van der Waals surface area contributed by atoms with Crippen molar-refractivity contribution in [3.05, 3.63) is 0 Å². The van der Waals surface area contributed by atoms with E-state index in [1.807, 2.05) is 13.8 Å². The number of carbonyl (C=O) groups is 1. The molecular weight excluding hydrogens is 218 g/mol. The highest BCUT2D eigenvalue weighted by Gasteiger charge is 2.33. The normalized spacial score (nSPS) is 23.7. The van der Waals surface area contributed by atoms with Crippen LogP contribution in [0.4, 0.5) is 0 Å². The average Bonchev–Trinajstić information content (AvgIpc) is 2.77. The van der Waals surface area contributed by atoms with Crippen LogP contribution in [0, 0.1) is 11.3 Å². The second-order valence-electron chi connectivity index (χ2n) is 4.59. The summed E-state index contributed by atoms with van der Waals surface area (Å²) in [6.45, 7) is 4.83. The van der Waals surface area contributed by atoms with E-state index in [0.29, 0.717) is 19.5 Å². The third-order valence-corrected chi connectivity index (χ3v) is 3.02. The molecule has 0 aromatic heterocycles. The van der Waals surface area contributed by atoms with E-state index in [0.717, 1.165) is 12.8 Å². The summed E-state index contributed by atoms with van der Waals surface area (Å²) in [5.41, 5.74) is 5.52. The van der Waals surface area contributed by atoms with Crippen molar-refractivity contribution in [3.8, 4) is 6.07 Å². The summed E-state index contributed by atoms with van der Waals surface area (Å²) in [6, 6.07) is 2.16. The molecule has 1 heterocycles. The first kappa shape index (κ1) is 13.9. The van der Waals surface area contributed by atoms with Gasteiger partial charge in [0.2, 0.25) is 0 Å². The Balaban J connectivity index is 2.56. The summed E-state index contributed by atoms with van der Waals surface area (Å²) >= 11 is 0. The standard InChI is InChI=1S/C12H21N3O2/c1-9(2)15(7-3-6-13)12(16)11-5-4-10(8-14)17-11/h9-11H,3-5,7-8,14H2,1-2H3. The molecule has 0 spiro atoms. The predicted molar refractivity (Wildman–Crippen MR) is 64.0 cm³/mol. The van der Waals surface area contributed by atoms with Gasteiger partial charge in [0.1, 0.15) is 6.10 Å². The molecule has 1 aliphatic heterocycles. The summed E-state index contributed by atoms with van der Waals surface area (Å²) < 4.78 is 5.58. The van der Waals surface area contributed by atoms with Crippen molar-refractivity contribution in [1.82, 2.24) is 4.90 Å². The van der Waals surface area contributed by atoms with E-state index >= 15 is 0 Å². The van der Waals surface area contributed by atoms with Crippen LogP contribution in [-0.4, -0.2) is 42.1 Å². The quantitative estimate of drug-likeness (QED) is 0.763. The van der Waals surface area contributed by atoms with Gasteiger partial charge in [-0.2, -0.15) is 5.26 Å². The predicted octanol–water partition coefficient (Wildman–Crippen LogP) is 0.643. The number of nitrogens with two attached hydrogens (primary N) is 1. The lowest BCUT2D eigenvalue weighted by atomic mass is 10.1. The number of amides is 1. The van der Waals surface area contributed by atoms with Gasteiger partial charge in [-0.3, -0.25) is 4.79 Å². The zero-order chi connectivity index (χ0) is 12.8. The van der Waals surface area contributed by atoms with Crippen LogP contribution in [0.15, 0.2) is 0 Å². The van der Waals surface area contributed by atoms with Gasteiger partial charge in [0, 0.05) is 19.1 Å². The van der Waals surface area contributed by atoms with Gasteiger partial charge in [0.15, 0.2) is 0 Å². The van der Waals surface area contributed by atoms with E-state index in [-0.39, 0.29) is 24.2 Å². The van der Waals surface area contributed by atoms with Crippen LogP contribution < -0.4 is 5.73 Å². The van der Waals surface area contributed by atoms with Crippen molar-refractivity contribution < 1.29 is 9.53 Å². The lowest BCUT2D eigenvalue weighted by Crippen LogP contribution is -2.44. The number of nitriles is 1. The molecule has 1 rings (SSSR count). The first-order valence-corrected chi connectivity index (χ1v) is 6.13. The van der Waals surface area contributed by atoms with E-state index in [1.165, 1.54) is 0 Å². The molecule has 1 saturated heterocycles. The number of hydrogen-bond donors (Lipinski definition) is 1. The van der Waals surface area contributed by atoms with Crippen molar-refractivity contribution in [1.29, 1.82) is 5.26 Å². The summed E-state index contributed by atoms with van der Waals surface area (Å²) in [7, 11) is 0. The summed E-state index contributed by atoms with van der Waals surface area (Å²) in [4.78, 5) is 13.9. The topological polar surface area (TPSA) is 79.4 Å². The number of carbonyl (C=O) groups excluding carboxylic acids is 1. The maximum Gasteiger partial charge on any atom is 0.251 e. The largest absolute Gasteiger partial charge is 0.364 e. The molecule has 0 radical (unpaired) electrons. The van der Waals surface area contributed by atoms with Gasteiger partial charge in [0.25, 0.3) is 5.91 Å². The van der Waals surface area contributed by atoms with Crippen molar-refractivity contribution >= 4 is 5.91 Å². The third-order valence-electron chi connectivity index (χ3n) is 3.02. The molecule has 96 valence electrons. The lowest BCUT2D eigenvalue weighted by molar-refractivity contribution is -0.144. The minimum absolute atomic E-state index is 0.00815. The van der Waals surface area contributed by atoms with E-state index in [1.54, 1.807) is 4.90 Å². The van der Waals surface area contributed by atoms with Gasteiger partial charge in [-0.05, 0) is 26.7 Å². The minimum atomic E-state index is -0.371. The Labute approximate surface area is 103 Å². The number of nitrogens with zero attached hydrogens (tertiary/aromatic N) is 2. The molecule has 0 bridgehead atoms. The average molecular weight is 239 g/mol. The van der Waals surface area contributed by atoms with Crippen LogP contribution in [0.1, 0.15) is 33.1 Å². The molecule has 2 atom stereocenters. The highest BCUT2D eigenvalue weighted by Crippen LogP contribution is 2.21. The molecule has 0 aromatic rings. The zero-order valence-corrected chi connectivity index (χ0v) is 10.6. The highest BCUT2D eigenvalue weighted by atomic mass is 16.5. The lowest BCUT2D eigenvalue weighted by Gasteiger charge is -2.28. The van der Waals surface area contributed by atoms with Crippen LogP contribution in [0.5, 0.6) is 0 Å². The Morgan fingerprint density at radius 2 is 2.29 bits per heavy atom. The second kappa shape index (κ2) is 6.58. The SMILES string of the molecule is CC(C)N(CCC#N)C(=O)C1CCC(CN)O1. The van der Waals surface area contributed by atoms with Crippen LogP contribution >= 0.6 is 0 Å². The van der Waals surface area contributed by atoms with Gasteiger partial charge in [-0.15, -0.1) is 0 Å². The molecule has 0 aromatic carbocycles. The van der Waals surface area contributed by atoms with Crippen molar-refractivity contribution in [2.24, 2.45) is 5.73 Å². The van der Waals surface area contributed by atoms with Crippen LogP contribution in [0.25, 0.3) is 0 Å². The van der Waals surface area contributed by atoms with E-state index in [2.05, 4.69) is 6.07 Å². The summed E-state index contributed by atoms with van der Waals surface area (Å²) in [5, 5.41) is 8.59. The van der Waals surface area contributed by atoms with Gasteiger partial charge in [-0.1, -0.05) is 0 Å². The fraction of sp³-hybridized carbons (Fsp3) is 0.833. The number of rotatable bonds is 5. The number of hydrogen-bond acceptors (Lipinski definition) is 4. The summed E-state index contributed by atoms with van der Waals surface area (Å²) in [6.07, 6.45) is 1.57. The fourth-order valence-corrected chi connectivity index (χ4v) is 2.04. The summed E-state index contributed by atoms with van der Waals surface area (Å²) in [5.74, 6) is -0.00815. The van der Waals surface area contributed by atoms with Crippen molar-refractivity contribution in [3.63, 3.8) is 0 Å². The smallest absolute Gasteiger partial charge is 0.251 e. The molecule has 1 aliphatic rings. The first-order chi connectivity index (χ1) is 8.10. The molecule has 5 heteroatoms. The Hall–Kier alpha value is -1.12. The Kier molecular flexibility index (Phi) is 5.39. The molecule has 1 amide bonds. The van der Waals surface area contributed by atoms with E-state index < -0.39 is 0 Å². The molecule has 0 saturated carbocycles. The van der Waals surface area contributed by atoms with Crippen molar-refractivity contribution in [2.45, 2.75) is 51.4 Å². The van der Waals surface area contributed by atoms with Gasteiger partial charge >= 0.3 is 0 Å². The van der Waals surface area contributed by atoms with Gasteiger partial charge < -0.3 is 15.4 Å². The molecule has 2 N–H and O–H groups in total. The third kappa shape index (κ3) is 3.69.